The van der Waals surface area contributed by atoms with Crippen LogP contribution in [0.1, 0.15) is 33.9 Å². The van der Waals surface area contributed by atoms with Crippen molar-refractivity contribution in [2.75, 3.05) is 5.32 Å². The lowest BCUT2D eigenvalue weighted by molar-refractivity contribution is -0.115. The molecular formula is C17H17NO2. The van der Waals surface area contributed by atoms with E-state index in [0.717, 1.165) is 27.9 Å². The van der Waals surface area contributed by atoms with Gasteiger partial charge < -0.3 is 10.4 Å². The summed E-state index contributed by atoms with van der Waals surface area (Å²) in [5.74, 6) is 0.0124. The predicted octanol–water partition coefficient (Wildman–Crippen LogP) is 2.88. The second kappa shape index (κ2) is 4.76. The Hall–Kier alpha value is -2.13. The van der Waals surface area contributed by atoms with Crippen LogP contribution in [-0.4, -0.2) is 11.0 Å². The Balaban J connectivity index is 1.99. The van der Waals surface area contributed by atoms with Gasteiger partial charge in [0.1, 0.15) is 6.10 Å². The van der Waals surface area contributed by atoms with Gasteiger partial charge in [-0.25, -0.2) is 0 Å². The number of fused-ring (bicyclic) bond motifs is 1. The van der Waals surface area contributed by atoms with E-state index in [4.69, 9.17) is 0 Å². The van der Waals surface area contributed by atoms with Crippen LogP contribution in [0.4, 0.5) is 5.69 Å². The number of rotatable bonds is 2. The van der Waals surface area contributed by atoms with E-state index in [1.54, 1.807) is 0 Å². The van der Waals surface area contributed by atoms with Crippen LogP contribution in [-0.2, 0) is 11.2 Å². The van der Waals surface area contributed by atoms with E-state index in [9.17, 15) is 9.90 Å². The van der Waals surface area contributed by atoms with Gasteiger partial charge in [-0.2, -0.15) is 0 Å². The number of hydrogen-bond donors (Lipinski definition) is 2. The highest BCUT2D eigenvalue weighted by Crippen LogP contribution is 2.31. The van der Waals surface area contributed by atoms with Crippen molar-refractivity contribution < 1.29 is 9.90 Å². The highest BCUT2D eigenvalue weighted by molar-refractivity contribution is 5.99. The highest BCUT2D eigenvalue weighted by atomic mass is 16.3. The maximum Gasteiger partial charge on any atom is 0.228 e. The molecule has 1 aliphatic rings. The molecule has 0 saturated carbocycles. The number of aliphatic hydroxyl groups excluding tert-OH is 1. The average Bonchev–Trinajstić information content (AvgIpc) is 2.80. The molecule has 1 heterocycles. The normalized spacial score (nSPS) is 14.8. The van der Waals surface area contributed by atoms with Crippen LogP contribution in [0.15, 0.2) is 36.4 Å². The highest BCUT2D eigenvalue weighted by Gasteiger charge is 2.20. The van der Waals surface area contributed by atoms with Crippen molar-refractivity contribution in [2.24, 2.45) is 0 Å². The molecule has 1 unspecified atom stereocenters. The van der Waals surface area contributed by atoms with Crippen LogP contribution in [0.2, 0.25) is 0 Å². The molecule has 2 aromatic carbocycles. The van der Waals surface area contributed by atoms with Gasteiger partial charge in [-0.1, -0.05) is 30.3 Å². The summed E-state index contributed by atoms with van der Waals surface area (Å²) in [6, 6.07) is 11.6. The molecular weight excluding hydrogens is 250 g/mol. The summed E-state index contributed by atoms with van der Waals surface area (Å²) in [7, 11) is 0. The number of anilines is 1. The number of nitrogens with one attached hydrogen (secondary N) is 1. The second-order valence-corrected chi connectivity index (χ2v) is 5.33. The van der Waals surface area contributed by atoms with Crippen molar-refractivity contribution in [3.05, 3.63) is 64.2 Å². The van der Waals surface area contributed by atoms with E-state index < -0.39 is 6.10 Å². The molecule has 0 fully saturated rings. The first-order valence-electron chi connectivity index (χ1n) is 6.73. The molecule has 0 bridgehead atoms. The van der Waals surface area contributed by atoms with Gasteiger partial charge in [0.2, 0.25) is 5.91 Å². The van der Waals surface area contributed by atoms with E-state index in [2.05, 4.69) is 5.32 Å². The third-order valence-electron chi connectivity index (χ3n) is 4.01. The first-order chi connectivity index (χ1) is 9.56. The van der Waals surface area contributed by atoms with Gasteiger partial charge in [-0.15, -0.1) is 0 Å². The van der Waals surface area contributed by atoms with Crippen molar-refractivity contribution in [1.82, 2.24) is 0 Å². The van der Waals surface area contributed by atoms with Gasteiger partial charge in [-0.05, 0) is 47.7 Å². The summed E-state index contributed by atoms with van der Waals surface area (Å²) in [6.45, 7) is 4.06. The molecule has 0 spiro atoms. The second-order valence-electron chi connectivity index (χ2n) is 5.33. The zero-order valence-electron chi connectivity index (χ0n) is 11.6. The third-order valence-corrected chi connectivity index (χ3v) is 4.01. The van der Waals surface area contributed by atoms with Gasteiger partial charge in [0, 0.05) is 5.69 Å². The molecule has 0 aliphatic carbocycles. The molecule has 1 aliphatic heterocycles. The molecule has 3 nitrogen and oxygen atoms in total. The molecule has 2 aromatic rings. The molecule has 1 amide bonds. The molecule has 0 saturated heterocycles. The SMILES string of the molecule is Cc1cccc(C(O)c2ccc3c(c2)CC(=O)N3)c1C. The smallest absolute Gasteiger partial charge is 0.228 e. The number of aliphatic hydroxyl groups is 1. The summed E-state index contributed by atoms with van der Waals surface area (Å²) in [5.41, 5.74) is 5.83. The fourth-order valence-corrected chi connectivity index (χ4v) is 2.67. The van der Waals surface area contributed by atoms with Crippen LogP contribution in [0.25, 0.3) is 0 Å². The van der Waals surface area contributed by atoms with Crippen molar-refractivity contribution in [3.8, 4) is 0 Å². The van der Waals surface area contributed by atoms with Crippen molar-refractivity contribution in [2.45, 2.75) is 26.4 Å². The zero-order chi connectivity index (χ0) is 14.3. The molecule has 0 aromatic heterocycles. The van der Waals surface area contributed by atoms with E-state index in [-0.39, 0.29) is 5.91 Å². The molecule has 1 atom stereocenters. The Kier molecular flexibility index (Phi) is 3.07. The lowest BCUT2D eigenvalue weighted by atomic mass is 9.93. The molecule has 3 rings (SSSR count). The quantitative estimate of drug-likeness (QED) is 0.879. The maximum atomic E-state index is 11.4. The predicted molar refractivity (Wildman–Crippen MR) is 78.8 cm³/mol. The Morgan fingerprint density at radius 3 is 2.80 bits per heavy atom. The monoisotopic (exact) mass is 267 g/mol. The summed E-state index contributed by atoms with van der Waals surface area (Å²) < 4.78 is 0. The van der Waals surface area contributed by atoms with Crippen molar-refractivity contribution in [1.29, 1.82) is 0 Å². The number of amides is 1. The standard InChI is InChI=1S/C17H17NO2/c1-10-4-3-5-14(11(10)2)17(20)12-6-7-15-13(8-12)9-16(19)18-15/h3-8,17,20H,9H2,1-2H3,(H,18,19). The summed E-state index contributed by atoms with van der Waals surface area (Å²) >= 11 is 0. The summed E-state index contributed by atoms with van der Waals surface area (Å²) in [5, 5.41) is 13.4. The first-order valence-corrected chi connectivity index (χ1v) is 6.73. The molecule has 3 heteroatoms. The number of benzene rings is 2. The Morgan fingerprint density at radius 1 is 1.20 bits per heavy atom. The molecule has 2 N–H and O–H groups in total. The minimum atomic E-state index is -0.657. The fraction of sp³-hybridized carbons (Fsp3) is 0.235. The van der Waals surface area contributed by atoms with Gasteiger partial charge in [0.25, 0.3) is 0 Å². The van der Waals surface area contributed by atoms with Gasteiger partial charge in [-0.3, -0.25) is 4.79 Å². The van der Waals surface area contributed by atoms with Crippen molar-refractivity contribution in [3.63, 3.8) is 0 Å². The summed E-state index contributed by atoms with van der Waals surface area (Å²) in [6.07, 6.45) is -0.265. The fourth-order valence-electron chi connectivity index (χ4n) is 2.67. The number of aryl methyl sites for hydroxylation is 1. The Labute approximate surface area is 118 Å². The van der Waals surface area contributed by atoms with E-state index in [0.29, 0.717) is 6.42 Å². The maximum absolute atomic E-state index is 11.4. The first kappa shape index (κ1) is 12.9. The van der Waals surface area contributed by atoms with Gasteiger partial charge in [0.15, 0.2) is 0 Å². The van der Waals surface area contributed by atoms with Crippen LogP contribution in [0.5, 0.6) is 0 Å². The third kappa shape index (κ3) is 2.10. The van der Waals surface area contributed by atoms with E-state index in [1.807, 2.05) is 50.2 Å². The largest absolute Gasteiger partial charge is 0.384 e. The average molecular weight is 267 g/mol. The Morgan fingerprint density at radius 2 is 2.00 bits per heavy atom. The lowest BCUT2D eigenvalue weighted by Gasteiger charge is -2.16. The van der Waals surface area contributed by atoms with E-state index >= 15 is 0 Å². The topological polar surface area (TPSA) is 49.3 Å². The van der Waals surface area contributed by atoms with Crippen molar-refractivity contribution >= 4 is 11.6 Å². The van der Waals surface area contributed by atoms with Crippen LogP contribution in [0.3, 0.4) is 0 Å². The van der Waals surface area contributed by atoms with E-state index in [1.165, 1.54) is 5.56 Å². The van der Waals surface area contributed by atoms with Gasteiger partial charge in [0.05, 0.1) is 6.42 Å². The number of carbonyl (C=O) groups excluding carboxylic acids is 1. The minimum Gasteiger partial charge on any atom is -0.384 e. The van der Waals surface area contributed by atoms with Crippen LogP contribution >= 0.6 is 0 Å². The molecule has 102 valence electrons. The minimum absolute atomic E-state index is 0.0124. The van der Waals surface area contributed by atoms with Gasteiger partial charge >= 0.3 is 0 Å². The number of carbonyl (C=O) groups is 1. The van der Waals surface area contributed by atoms with Crippen LogP contribution in [0, 0.1) is 13.8 Å². The molecule has 0 radical (unpaired) electrons. The Bertz CT molecular complexity index is 691. The lowest BCUT2D eigenvalue weighted by Crippen LogP contribution is -2.03. The van der Waals surface area contributed by atoms with Crippen LogP contribution < -0.4 is 5.32 Å². The molecule has 20 heavy (non-hydrogen) atoms. The number of hydrogen-bond acceptors (Lipinski definition) is 2. The summed E-state index contributed by atoms with van der Waals surface area (Å²) in [4.78, 5) is 11.4. The zero-order valence-corrected chi connectivity index (χ0v) is 11.6.